The number of hydrogen-bond acceptors (Lipinski definition) is 5. The average molecular weight is 388 g/mol. The van der Waals surface area contributed by atoms with Crippen LogP contribution in [0.3, 0.4) is 0 Å². The molecule has 0 atom stereocenters. The summed E-state index contributed by atoms with van der Waals surface area (Å²) in [6, 6.07) is 8.97. The summed E-state index contributed by atoms with van der Waals surface area (Å²) in [6.07, 6.45) is 0. The van der Waals surface area contributed by atoms with E-state index < -0.39 is 0 Å². The van der Waals surface area contributed by atoms with Crippen LogP contribution in [-0.2, 0) is 6.54 Å². The summed E-state index contributed by atoms with van der Waals surface area (Å²) in [6.45, 7) is 3.01. The topological polar surface area (TPSA) is 69.9 Å². The number of rotatable bonds is 4. The molecular formula is C20H18ClNO5. The Morgan fingerprint density at radius 2 is 2.04 bits per heavy atom. The van der Waals surface area contributed by atoms with Gasteiger partial charge in [0.05, 0.1) is 17.7 Å². The van der Waals surface area contributed by atoms with Crippen molar-refractivity contribution in [1.82, 2.24) is 5.32 Å². The quantitative estimate of drug-likeness (QED) is 0.729. The van der Waals surface area contributed by atoms with E-state index in [0.717, 1.165) is 5.56 Å². The number of amides is 1. The number of ether oxygens (including phenoxy) is 3. The van der Waals surface area contributed by atoms with Gasteiger partial charge >= 0.3 is 0 Å². The van der Waals surface area contributed by atoms with Crippen LogP contribution >= 0.6 is 11.6 Å². The van der Waals surface area contributed by atoms with Gasteiger partial charge in [0, 0.05) is 11.9 Å². The smallest absolute Gasteiger partial charge is 0.255 e. The molecular weight excluding hydrogens is 370 g/mol. The molecule has 0 saturated carbocycles. The van der Waals surface area contributed by atoms with Gasteiger partial charge in [0.1, 0.15) is 30.3 Å². The van der Waals surface area contributed by atoms with Gasteiger partial charge in [-0.1, -0.05) is 11.6 Å². The fraction of sp³-hybridized carbons (Fsp3) is 0.250. The molecule has 0 spiro atoms. The SMILES string of the molecule is COc1ccc2oc(C)c(C(=O)NCc3cc(Cl)c4c(c3)OCCO4)c2c1. The van der Waals surface area contributed by atoms with E-state index in [2.05, 4.69) is 5.32 Å². The van der Waals surface area contributed by atoms with Crippen LogP contribution in [-0.4, -0.2) is 26.2 Å². The minimum absolute atomic E-state index is 0.231. The van der Waals surface area contributed by atoms with Crippen molar-refractivity contribution in [2.45, 2.75) is 13.5 Å². The Bertz CT molecular complexity index is 1030. The summed E-state index contributed by atoms with van der Waals surface area (Å²) in [4.78, 5) is 12.8. The molecule has 4 rings (SSSR count). The lowest BCUT2D eigenvalue weighted by Crippen LogP contribution is -2.23. The van der Waals surface area contributed by atoms with Crippen molar-refractivity contribution in [3.05, 3.63) is 52.2 Å². The Labute approximate surface area is 161 Å². The van der Waals surface area contributed by atoms with Crippen LogP contribution in [0.1, 0.15) is 21.7 Å². The number of hydrogen-bond donors (Lipinski definition) is 1. The first-order valence-electron chi connectivity index (χ1n) is 8.50. The summed E-state index contributed by atoms with van der Waals surface area (Å²) in [5.74, 6) is 2.12. The molecule has 0 bridgehead atoms. The summed E-state index contributed by atoms with van der Waals surface area (Å²) in [5.41, 5.74) is 1.95. The van der Waals surface area contributed by atoms with Gasteiger partial charge in [0.15, 0.2) is 11.5 Å². The van der Waals surface area contributed by atoms with Gasteiger partial charge in [-0.15, -0.1) is 0 Å². The van der Waals surface area contributed by atoms with Gasteiger partial charge in [0.25, 0.3) is 5.91 Å². The molecule has 1 aliphatic rings. The lowest BCUT2D eigenvalue weighted by Gasteiger charge is -2.20. The number of aryl methyl sites for hydroxylation is 1. The Hall–Kier alpha value is -2.86. The molecule has 27 heavy (non-hydrogen) atoms. The molecule has 7 heteroatoms. The van der Waals surface area contributed by atoms with Crippen molar-refractivity contribution >= 4 is 28.5 Å². The molecule has 1 N–H and O–H groups in total. The fourth-order valence-corrected chi connectivity index (χ4v) is 3.43. The minimum atomic E-state index is -0.231. The van der Waals surface area contributed by atoms with Crippen LogP contribution in [0.4, 0.5) is 0 Å². The molecule has 6 nitrogen and oxygen atoms in total. The van der Waals surface area contributed by atoms with Crippen molar-refractivity contribution in [2.75, 3.05) is 20.3 Å². The minimum Gasteiger partial charge on any atom is -0.497 e. The monoisotopic (exact) mass is 387 g/mol. The van der Waals surface area contributed by atoms with Crippen molar-refractivity contribution in [1.29, 1.82) is 0 Å². The number of halogens is 1. The van der Waals surface area contributed by atoms with Crippen molar-refractivity contribution in [3.63, 3.8) is 0 Å². The third kappa shape index (κ3) is 3.28. The second-order valence-corrected chi connectivity index (χ2v) is 6.59. The highest BCUT2D eigenvalue weighted by Crippen LogP contribution is 2.38. The second kappa shape index (κ2) is 7.04. The number of carbonyl (C=O) groups excluding carboxylic acids is 1. The number of fused-ring (bicyclic) bond motifs is 2. The molecule has 0 fully saturated rings. The standard InChI is InChI=1S/C20H18ClNO5/c1-11-18(14-9-13(24-2)3-4-16(14)27-11)20(23)22-10-12-7-15(21)19-17(8-12)25-5-6-26-19/h3-4,7-9H,5-6,10H2,1-2H3,(H,22,23). The van der Waals surface area contributed by atoms with Gasteiger partial charge in [-0.3, -0.25) is 4.79 Å². The third-order valence-electron chi connectivity index (χ3n) is 4.41. The molecule has 2 aromatic carbocycles. The molecule has 1 amide bonds. The van der Waals surface area contributed by atoms with E-state index in [0.29, 0.717) is 64.3 Å². The maximum atomic E-state index is 12.8. The number of methoxy groups -OCH3 is 1. The highest BCUT2D eigenvalue weighted by atomic mass is 35.5. The third-order valence-corrected chi connectivity index (χ3v) is 4.69. The summed E-state index contributed by atoms with van der Waals surface area (Å²) < 4.78 is 22.0. The summed E-state index contributed by atoms with van der Waals surface area (Å²) >= 11 is 6.25. The molecule has 0 unspecified atom stereocenters. The second-order valence-electron chi connectivity index (χ2n) is 6.18. The largest absolute Gasteiger partial charge is 0.497 e. The predicted molar refractivity (Wildman–Crippen MR) is 101 cm³/mol. The maximum absolute atomic E-state index is 12.8. The van der Waals surface area contributed by atoms with Crippen molar-refractivity contribution < 1.29 is 23.4 Å². The number of furan rings is 1. The highest BCUT2D eigenvalue weighted by Gasteiger charge is 2.20. The highest BCUT2D eigenvalue weighted by molar-refractivity contribution is 6.32. The molecule has 1 aromatic heterocycles. The van der Waals surface area contributed by atoms with Gasteiger partial charge in [0.2, 0.25) is 0 Å². The zero-order chi connectivity index (χ0) is 19.0. The molecule has 0 radical (unpaired) electrons. The predicted octanol–water partition coefficient (Wildman–Crippen LogP) is 4.10. The van der Waals surface area contributed by atoms with E-state index in [9.17, 15) is 4.79 Å². The number of nitrogens with one attached hydrogen (secondary N) is 1. The number of carbonyl (C=O) groups is 1. The Balaban J connectivity index is 1.57. The van der Waals surface area contributed by atoms with E-state index in [1.54, 1.807) is 38.3 Å². The van der Waals surface area contributed by atoms with Crippen LogP contribution in [0.5, 0.6) is 17.2 Å². The molecule has 1 aliphatic heterocycles. The average Bonchev–Trinajstić information content (AvgIpc) is 3.01. The molecule has 0 saturated heterocycles. The van der Waals surface area contributed by atoms with Gasteiger partial charge < -0.3 is 23.9 Å². The number of benzene rings is 2. The van der Waals surface area contributed by atoms with Crippen LogP contribution in [0.2, 0.25) is 5.02 Å². The lowest BCUT2D eigenvalue weighted by molar-refractivity contribution is 0.0950. The van der Waals surface area contributed by atoms with Crippen LogP contribution in [0.15, 0.2) is 34.7 Å². The molecule has 3 aromatic rings. The van der Waals surface area contributed by atoms with Crippen LogP contribution in [0, 0.1) is 6.92 Å². The van der Waals surface area contributed by atoms with Crippen LogP contribution in [0.25, 0.3) is 11.0 Å². The Kier molecular flexibility index (Phi) is 4.58. The normalized spacial score (nSPS) is 12.9. The summed E-state index contributed by atoms with van der Waals surface area (Å²) in [5, 5.41) is 4.09. The van der Waals surface area contributed by atoms with E-state index in [4.69, 9.17) is 30.2 Å². The lowest BCUT2D eigenvalue weighted by atomic mass is 10.1. The first-order valence-corrected chi connectivity index (χ1v) is 8.88. The zero-order valence-electron chi connectivity index (χ0n) is 14.9. The Morgan fingerprint density at radius 1 is 1.22 bits per heavy atom. The molecule has 2 heterocycles. The fourth-order valence-electron chi connectivity index (χ4n) is 3.15. The van der Waals surface area contributed by atoms with Crippen molar-refractivity contribution in [2.24, 2.45) is 0 Å². The van der Waals surface area contributed by atoms with E-state index in [1.165, 1.54) is 0 Å². The van der Waals surface area contributed by atoms with E-state index >= 15 is 0 Å². The first-order chi connectivity index (χ1) is 13.1. The maximum Gasteiger partial charge on any atom is 0.255 e. The van der Waals surface area contributed by atoms with Crippen molar-refractivity contribution in [3.8, 4) is 17.2 Å². The molecule has 0 aliphatic carbocycles. The van der Waals surface area contributed by atoms with E-state index in [1.807, 2.05) is 6.07 Å². The zero-order valence-corrected chi connectivity index (χ0v) is 15.7. The van der Waals surface area contributed by atoms with Gasteiger partial charge in [-0.05, 0) is 42.8 Å². The first kappa shape index (κ1) is 17.5. The molecule has 140 valence electrons. The van der Waals surface area contributed by atoms with Crippen LogP contribution < -0.4 is 19.5 Å². The van der Waals surface area contributed by atoms with Gasteiger partial charge in [-0.25, -0.2) is 0 Å². The Morgan fingerprint density at radius 3 is 2.85 bits per heavy atom. The van der Waals surface area contributed by atoms with Gasteiger partial charge in [-0.2, -0.15) is 0 Å². The summed E-state index contributed by atoms with van der Waals surface area (Å²) in [7, 11) is 1.58. The van der Waals surface area contributed by atoms with E-state index in [-0.39, 0.29) is 5.91 Å².